The standard InChI is InChI=1S/C13H15ClN4O3/c1-7(18-5-11(19)17-12(20)6-18)13(21)16-10-3-2-8(15)4-9(10)14/h2-4,7H,5-6,15H2,1H3,(H,16,21)(H,17,19,20). The quantitative estimate of drug-likeness (QED) is 0.547. The Kier molecular flexibility index (Phi) is 4.44. The van der Waals surface area contributed by atoms with Crippen molar-refractivity contribution in [2.24, 2.45) is 0 Å². The number of benzene rings is 1. The summed E-state index contributed by atoms with van der Waals surface area (Å²) in [7, 11) is 0. The number of nitrogens with one attached hydrogen (secondary N) is 2. The van der Waals surface area contributed by atoms with E-state index in [1.807, 2.05) is 0 Å². The van der Waals surface area contributed by atoms with Crippen molar-refractivity contribution >= 4 is 40.7 Å². The molecule has 0 radical (unpaired) electrons. The first-order valence-electron chi connectivity index (χ1n) is 6.29. The lowest BCUT2D eigenvalue weighted by Gasteiger charge is -2.30. The van der Waals surface area contributed by atoms with Crippen molar-refractivity contribution in [2.45, 2.75) is 13.0 Å². The summed E-state index contributed by atoms with van der Waals surface area (Å²) in [5.74, 6) is -1.20. The van der Waals surface area contributed by atoms with Gasteiger partial charge in [0.2, 0.25) is 17.7 Å². The summed E-state index contributed by atoms with van der Waals surface area (Å²) in [5.41, 5.74) is 6.49. The number of hydrogen-bond donors (Lipinski definition) is 3. The molecule has 1 saturated heterocycles. The number of amides is 3. The van der Waals surface area contributed by atoms with Crippen molar-refractivity contribution in [1.29, 1.82) is 0 Å². The number of carbonyl (C=O) groups excluding carboxylic acids is 3. The molecule has 0 aliphatic carbocycles. The van der Waals surface area contributed by atoms with Gasteiger partial charge in [-0.05, 0) is 25.1 Å². The number of hydrogen-bond acceptors (Lipinski definition) is 5. The van der Waals surface area contributed by atoms with Crippen LogP contribution in [-0.4, -0.2) is 41.8 Å². The summed E-state index contributed by atoms with van der Waals surface area (Å²) in [6.07, 6.45) is 0. The van der Waals surface area contributed by atoms with Gasteiger partial charge in [0.15, 0.2) is 0 Å². The van der Waals surface area contributed by atoms with Crippen LogP contribution in [0.4, 0.5) is 11.4 Å². The summed E-state index contributed by atoms with van der Waals surface area (Å²) in [6, 6.07) is 4.09. The van der Waals surface area contributed by atoms with Crippen LogP contribution < -0.4 is 16.4 Å². The van der Waals surface area contributed by atoms with Crippen LogP contribution in [0.5, 0.6) is 0 Å². The minimum absolute atomic E-state index is 0.00417. The van der Waals surface area contributed by atoms with E-state index in [-0.39, 0.29) is 19.0 Å². The molecule has 1 aromatic carbocycles. The number of nitrogens with two attached hydrogens (primary N) is 1. The Morgan fingerprint density at radius 3 is 2.57 bits per heavy atom. The topological polar surface area (TPSA) is 105 Å². The van der Waals surface area contributed by atoms with Gasteiger partial charge in [0.25, 0.3) is 0 Å². The number of rotatable bonds is 3. The van der Waals surface area contributed by atoms with Gasteiger partial charge in [-0.15, -0.1) is 0 Å². The Hall–Kier alpha value is -2.12. The molecule has 1 aliphatic heterocycles. The molecule has 21 heavy (non-hydrogen) atoms. The predicted octanol–water partition coefficient (Wildman–Crippen LogP) is 0.208. The molecule has 4 N–H and O–H groups in total. The number of anilines is 2. The molecule has 3 amide bonds. The smallest absolute Gasteiger partial charge is 0.241 e. The first kappa shape index (κ1) is 15.3. The Morgan fingerprint density at radius 1 is 1.38 bits per heavy atom. The highest BCUT2D eigenvalue weighted by Gasteiger charge is 2.30. The Labute approximate surface area is 126 Å². The number of piperazine rings is 1. The SMILES string of the molecule is CC(C(=O)Nc1ccc(N)cc1Cl)N1CC(=O)NC(=O)C1. The van der Waals surface area contributed by atoms with E-state index in [1.165, 1.54) is 11.0 Å². The Morgan fingerprint density at radius 2 is 2.00 bits per heavy atom. The fourth-order valence-electron chi connectivity index (χ4n) is 1.97. The van der Waals surface area contributed by atoms with Gasteiger partial charge in [-0.25, -0.2) is 0 Å². The molecule has 2 rings (SSSR count). The molecular weight excluding hydrogens is 296 g/mol. The fourth-order valence-corrected chi connectivity index (χ4v) is 2.21. The van der Waals surface area contributed by atoms with Gasteiger partial charge in [-0.3, -0.25) is 24.6 Å². The van der Waals surface area contributed by atoms with E-state index in [2.05, 4.69) is 10.6 Å². The molecule has 112 valence electrons. The molecule has 0 aromatic heterocycles. The Balaban J connectivity index is 2.05. The predicted molar refractivity (Wildman–Crippen MR) is 78.7 cm³/mol. The van der Waals surface area contributed by atoms with E-state index >= 15 is 0 Å². The molecule has 1 fully saturated rings. The summed E-state index contributed by atoms with van der Waals surface area (Å²) < 4.78 is 0. The van der Waals surface area contributed by atoms with E-state index < -0.39 is 17.9 Å². The molecule has 8 heteroatoms. The number of nitrogens with zero attached hydrogens (tertiary/aromatic N) is 1. The van der Waals surface area contributed by atoms with Crippen LogP contribution in [0.3, 0.4) is 0 Å². The maximum atomic E-state index is 12.2. The minimum atomic E-state index is -0.645. The summed E-state index contributed by atoms with van der Waals surface area (Å²) in [4.78, 5) is 36.3. The van der Waals surface area contributed by atoms with Gasteiger partial charge in [-0.1, -0.05) is 11.6 Å². The largest absolute Gasteiger partial charge is 0.399 e. The maximum Gasteiger partial charge on any atom is 0.241 e. The number of carbonyl (C=O) groups is 3. The van der Waals surface area contributed by atoms with E-state index in [9.17, 15) is 14.4 Å². The van der Waals surface area contributed by atoms with Crippen LogP contribution in [0.25, 0.3) is 0 Å². The number of halogens is 1. The fraction of sp³-hybridized carbons (Fsp3) is 0.308. The van der Waals surface area contributed by atoms with Gasteiger partial charge in [0.1, 0.15) is 0 Å². The van der Waals surface area contributed by atoms with Crippen LogP contribution in [0.15, 0.2) is 18.2 Å². The molecule has 0 saturated carbocycles. The minimum Gasteiger partial charge on any atom is -0.399 e. The van der Waals surface area contributed by atoms with Crippen LogP contribution >= 0.6 is 11.6 Å². The molecule has 0 bridgehead atoms. The average molecular weight is 311 g/mol. The third-order valence-corrected chi connectivity index (χ3v) is 3.46. The first-order valence-corrected chi connectivity index (χ1v) is 6.67. The molecule has 1 aromatic rings. The van der Waals surface area contributed by atoms with Crippen LogP contribution in [0.1, 0.15) is 6.92 Å². The van der Waals surface area contributed by atoms with Gasteiger partial charge in [0.05, 0.1) is 29.8 Å². The molecule has 1 aliphatic rings. The molecule has 1 heterocycles. The highest BCUT2D eigenvalue weighted by Crippen LogP contribution is 2.24. The van der Waals surface area contributed by atoms with Crippen LogP contribution in [0.2, 0.25) is 5.02 Å². The second kappa shape index (κ2) is 6.11. The third-order valence-electron chi connectivity index (χ3n) is 3.15. The normalized spacial score (nSPS) is 17.2. The van der Waals surface area contributed by atoms with E-state index in [0.29, 0.717) is 16.4 Å². The van der Waals surface area contributed by atoms with E-state index in [4.69, 9.17) is 17.3 Å². The van der Waals surface area contributed by atoms with Gasteiger partial charge < -0.3 is 11.1 Å². The second-order valence-electron chi connectivity index (χ2n) is 4.78. The van der Waals surface area contributed by atoms with Crippen molar-refractivity contribution in [2.75, 3.05) is 24.1 Å². The van der Waals surface area contributed by atoms with Crippen molar-refractivity contribution in [3.05, 3.63) is 23.2 Å². The maximum absolute atomic E-state index is 12.2. The Bertz CT molecular complexity index is 589. The molecule has 0 spiro atoms. The van der Waals surface area contributed by atoms with Crippen molar-refractivity contribution < 1.29 is 14.4 Å². The molecular formula is C13H15ClN4O3. The number of imide groups is 1. The lowest BCUT2D eigenvalue weighted by molar-refractivity contribution is -0.138. The average Bonchev–Trinajstić information content (AvgIpc) is 2.40. The lowest BCUT2D eigenvalue weighted by Crippen LogP contribution is -2.56. The first-order chi connectivity index (χ1) is 9.86. The third kappa shape index (κ3) is 3.71. The zero-order valence-corrected chi connectivity index (χ0v) is 12.1. The van der Waals surface area contributed by atoms with Gasteiger partial charge >= 0.3 is 0 Å². The van der Waals surface area contributed by atoms with Crippen molar-refractivity contribution in [3.63, 3.8) is 0 Å². The van der Waals surface area contributed by atoms with Gasteiger partial charge in [0, 0.05) is 5.69 Å². The highest BCUT2D eigenvalue weighted by atomic mass is 35.5. The van der Waals surface area contributed by atoms with Gasteiger partial charge in [-0.2, -0.15) is 0 Å². The van der Waals surface area contributed by atoms with Crippen LogP contribution in [-0.2, 0) is 14.4 Å². The second-order valence-corrected chi connectivity index (χ2v) is 5.19. The number of nitrogen functional groups attached to an aromatic ring is 1. The highest BCUT2D eigenvalue weighted by molar-refractivity contribution is 6.34. The van der Waals surface area contributed by atoms with Crippen molar-refractivity contribution in [1.82, 2.24) is 10.2 Å². The van der Waals surface area contributed by atoms with Crippen molar-refractivity contribution in [3.8, 4) is 0 Å². The molecule has 1 unspecified atom stereocenters. The zero-order valence-electron chi connectivity index (χ0n) is 11.4. The monoisotopic (exact) mass is 310 g/mol. The lowest BCUT2D eigenvalue weighted by atomic mass is 10.2. The molecule has 1 atom stereocenters. The molecule has 7 nitrogen and oxygen atoms in total. The summed E-state index contributed by atoms with van der Waals surface area (Å²) in [6.45, 7) is 1.61. The van der Waals surface area contributed by atoms with E-state index in [0.717, 1.165) is 0 Å². The summed E-state index contributed by atoms with van der Waals surface area (Å²) in [5, 5.41) is 5.16. The van der Waals surface area contributed by atoms with Crippen LogP contribution in [0, 0.1) is 0 Å². The van der Waals surface area contributed by atoms with E-state index in [1.54, 1.807) is 19.1 Å². The summed E-state index contributed by atoms with van der Waals surface area (Å²) >= 11 is 5.98. The zero-order chi connectivity index (χ0) is 15.6.